The van der Waals surface area contributed by atoms with Crippen molar-refractivity contribution in [1.82, 2.24) is 15.5 Å². The minimum Gasteiger partial charge on any atom is -0.490 e. The Hall–Kier alpha value is -1.82. The van der Waals surface area contributed by atoms with Gasteiger partial charge in [-0.2, -0.15) is 5.10 Å². The second kappa shape index (κ2) is 8.04. The van der Waals surface area contributed by atoms with Gasteiger partial charge in [0, 0.05) is 6.54 Å². The summed E-state index contributed by atoms with van der Waals surface area (Å²) in [5.74, 6) is 0.982. The average molecular weight is 406 g/mol. The number of carbonyl (C=O) groups excluding carboxylic acids is 1. The Morgan fingerprint density at radius 3 is 2.60 bits per heavy atom. The maximum absolute atomic E-state index is 12.3. The summed E-state index contributed by atoms with van der Waals surface area (Å²) in [6.45, 7) is 4.56. The highest BCUT2D eigenvalue weighted by atomic mass is 79.9. The molecule has 1 saturated carbocycles. The number of nitrogens with zero attached hydrogens (tertiary/aromatic N) is 1. The summed E-state index contributed by atoms with van der Waals surface area (Å²) < 4.78 is 6.69. The Kier molecular flexibility index (Phi) is 5.78. The number of halogens is 1. The highest BCUT2D eigenvalue weighted by Gasteiger charge is 2.19. The van der Waals surface area contributed by atoms with Crippen molar-refractivity contribution >= 4 is 21.8 Å². The van der Waals surface area contributed by atoms with Gasteiger partial charge in [-0.3, -0.25) is 9.89 Å². The number of nitrogens with one attached hydrogen (secondary N) is 2. The Morgan fingerprint density at radius 1 is 1.32 bits per heavy atom. The first-order chi connectivity index (χ1) is 12.0. The largest absolute Gasteiger partial charge is 0.490 e. The van der Waals surface area contributed by atoms with E-state index >= 15 is 0 Å². The van der Waals surface area contributed by atoms with Gasteiger partial charge in [0.25, 0.3) is 5.91 Å². The summed E-state index contributed by atoms with van der Waals surface area (Å²) >= 11 is 3.46. The van der Waals surface area contributed by atoms with Gasteiger partial charge in [0.1, 0.15) is 5.75 Å². The minimum atomic E-state index is -0.193. The van der Waals surface area contributed by atoms with Gasteiger partial charge in [-0.1, -0.05) is 26.0 Å². The third kappa shape index (κ3) is 4.42. The zero-order valence-electron chi connectivity index (χ0n) is 14.6. The lowest BCUT2D eigenvalue weighted by Gasteiger charge is -2.13. The molecule has 1 amide bonds. The summed E-state index contributed by atoms with van der Waals surface area (Å²) in [6.07, 6.45) is 5.17. The van der Waals surface area contributed by atoms with Crippen molar-refractivity contribution in [2.45, 2.75) is 58.1 Å². The van der Waals surface area contributed by atoms with Crippen molar-refractivity contribution in [1.29, 1.82) is 0 Å². The summed E-state index contributed by atoms with van der Waals surface area (Å²) in [6, 6.07) is 7.93. The predicted molar refractivity (Wildman–Crippen MR) is 101 cm³/mol. The first-order valence-electron chi connectivity index (χ1n) is 8.82. The lowest BCUT2D eigenvalue weighted by atomic mass is 10.1. The fourth-order valence-electron chi connectivity index (χ4n) is 3.03. The van der Waals surface area contributed by atoms with E-state index in [1.165, 1.54) is 12.8 Å². The first kappa shape index (κ1) is 18.0. The maximum Gasteiger partial charge on any atom is 0.273 e. The van der Waals surface area contributed by atoms with Gasteiger partial charge in [0.15, 0.2) is 5.69 Å². The van der Waals surface area contributed by atoms with E-state index in [1.54, 1.807) is 0 Å². The number of carbonyl (C=O) groups is 1. The van der Waals surface area contributed by atoms with Crippen LogP contribution in [0.25, 0.3) is 0 Å². The van der Waals surface area contributed by atoms with Crippen molar-refractivity contribution in [3.05, 3.63) is 45.7 Å². The monoisotopic (exact) mass is 405 g/mol. The molecule has 1 aliphatic rings. The lowest BCUT2D eigenvalue weighted by molar-refractivity contribution is 0.0945. The van der Waals surface area contributed by atoms with Gasteiger partial charge in [-0.15, -0.1) is 0 Å². The highest BCUT2D eigenvalue weighted by molar-refractivity contribution is 9.10. The fraction of sp³-hybridized carbons (Fsp3) is 0.474. The normalized spacial score (nSPS) is 14.9. The minimum absolute atomic E-state index is 0.193. The highest BCUT2D eigenvalue weighted by Crippen LogP contribution is 2.26. The molecule has 2 aromatic rings. The second-order valence-electron chi connectivity index (χ2n) is 6.81. The molecule has 25 heavy (non-hydrogen) atoms. The molecule has 1 aromatic carbocycles. The van der Waals surface area contributed by atoms with Gasteiger partial charge >= 0.3 is 0 Å². The molecular formula is C19H24BrN3O2. The van der Waals surface area contributed by atoms with Crippen LogP contribution in [0.15, 0.2) is 28.7 Å². The standard InChI is InChI=1S/C19H24BrN3O2/c1-12(2)17-16(20)18(23-22-17)19(24)21-11-13-7-9-15(10-8-13)25-14-5-3-4-6-14/h7-10,12,14H,3-6,11H2,1-2H3,(H,21,24)(H,22,23). The van der Waals surface area contributed by atoms with Crippen molar-refractivity contribution in [2.24, 2.45) is 0 Å². The van der Waals surface area contributed by atoms with Crippen LogP contribution < -0.4 is 10.1 Å². The molecule has 0 unspecified atom stereocenters. The van der Waals surface area contributed by atoms with Gasteiger partial charge in [-0.05, 0) is 65.2 Å². The number of benzene rings is 1. The van der Waals surface area contributed by atoms with Crippen molar-refractivity contribution in [3.8, 4) is 5.75 Å². The molecule has 0 radical (unpaired) electrons. The molecule has 0 bridgehead atoms. The number of aromatic nitrogens is 2. The molecule has 1 aromatic heterocycles. The van der Waals surface area contributed by atoms with E-state index < -0.39 is 0 Å². The van der Waals surface area contributed by atoms with Gasteiger partial charge in [0.2, 0.25) is 0 Å². The van der Waals surface area contributed by atoms with E-state index in [-0.39, 0.29) is 11.8 Å². The SMILES string of the molecule is CC(C)c1[nH]nc(C(=O)NCc2ccc(OC3CCCC3)cc2)c1Br. The third-order valence-electron chi connectivity index (χ3n) is 4.51. The summed E-state index contributed by atoms with van der Waals surface area (Å²) in [5, 5.41) is 9.95. The van der Waals surface area contributed by atoms with Crippen LogP contribution in [0.2, 0.25) is 0 Å². The number of aromatic amines is 1. The smallest absolute Gasteiger partial charge is 0.273 e. The fourth-order valence-corrected chi connectivity index (χ4v) is 3.84. The molecule has 6 heteroatoms. The first-order valence-corrected chi connectivity index (χ1v) is 9.61. The number of amides is 1. The van der Waals surface area contributed by atoms with Crippen LogP contribution in [0.3, 0.4) is 0 Å². The Morgan fingerprint density at radius 2 is 2.00 bits per heavy atom. The van der Waals surface area contributed by atoms with E-state index in [0.717, 1.165) is 34.3 Å². The quantitative estimate of drug-likeness (QED) is 0.740. The number of hydrogen-bond acceptors (Lipinski definition) is 3. The van der Waals surface area contributed by atoms with Gasteiger partial charge < -0.3 is 10.1 Å². The van der Waals surface area contributed by atoms with E-state index in [2.05, 4.69) is 45.3 Å². The van der Waals surface area contributed by atoms with Crippen LogP contribution in [0.1, 0.15) is 67.2 Å². The molecule has 0 aliphatic heterocycles. The molecular weight excluding hydrogens is 382 g/mol. The summed E-state index contributed by atoms with van der Waals surface area (Å²) in [4.78, 5) is 12.3. The Bertz CT molecular complexity index is 719. The van der Waals surface area contributed by atoms with E-state index in [1.807, 2.05) is 24.3 Å². The molecule has 0 atom stereocenters. The summed E-state index contributed by atoms with van der Waals surface area (Å²) in [5.41, 5.74) is 2.35. The number of hydrogen-bond donors (Lipinski definition) is 2. The van der Waals surface area contributed by atoms with Crippen LogP contribution in [0, 0.1) is 0 Å². The number of rotatable bonds is 6. The van der Waals surface area contributed by atoms with E-state index in [9.17, 15) is 4.79 Å². The molecule has 1 fully saturated rings. The molecule has 2 N–H and O–H groups in total. The van der Waals surface area contributed by atoms with E-state index in [0.29, 0.717) is 18.3 Å². The van der Waals surface area contributed by atoms with Gasteiger partial charge in [-0.25, -0.2) is 0 Å². The molecule has 5 nitrogen and oxygen atoms in total. The molecule has 1 heterocycles. The lowest BCUT2D eigenvalue weighted by Crippen LogP contribution is -2.23. The second-order valence-corrected chi connectivity index (χ2v) is 7.60. The third-order valence-corrected chi connectivity index (χ3v) is 5.31. The number of H-pyrrole nitrogens is 1. The molecule has 3 rings (SSSR count). The van der Waals surface area contributed by atoms with Crippen LogP contribution >= 0.6 is 15.9 Å². The molecule has 0 spiro atoms. The summed E-state index contributed by atoms with van der Waals surface area (Å²) in [7, 11) is 0. The zero-order chi connectivity index (χ0) is 17.8. The van der Waals surface area contributed by atoms with E-state index in [4.69, 9.17) is 4.74 Å². The van der Waals surface area contributed by atoms with Crippen molar-refractivity contribution in [3.63, 3.8) is 0 Å². The molecule has 0 saturated heterocycles. The van der Waals surface area contributed by atoms with Crippen LogP contribution in [-0.4, -0.2) is 22.2 Å². The number of ether oxygens (including phenoxy) is 1. The molecule has 134 valence electrons. The molecule has 1 aliphatic carbocycles. The maximum atomic E-state index is 12.3. The van der Waals surface area contributed by atoms with Crippen LogP contribution in [0.4, 0.5) is 0 Å². The predicted octanol–water partition coefficient (Wildman–Crippen LogP) is 4.55. The van der Waals surface area contributed by atoms with Crippen molar-refractivity contribution in [2.75, 3.05) is 0 Å². The average Bonchev–Trinajstić information content (AvgIpc) is 3.23. The van der Waals surface area contributed by atoms with Crippen LogP contribution in [0.5, 0.6) is 5.75 Å². The Balaban J connectivity index is 1.55. The van der Waals surface area contributed by atoms with Crippen LogP contribution in [-0.2, 0) is 6.54 Å². The van der Waals surface area contributed by atoms with Crippen molar-refractivity contribution < 1.29 is 9.53 Å². The zero-order valence-corrected chi connectivity index (χ0v) is 16.2. The Labute approximate surface area is 156 Å². The van der Waals surface area contributed by atoms with Gasteiger partial charge in [0.05, 0.1) is 16.3 Å². The topological polar surface area (TPSA) is 67.0 Å².